The molecule has 0 unspecified atom stereocenters. The van der Waals surface area contributed by atoms with Crippen molar-refractivity contribution in [3.63, 3.8) is 0 Å². The number of aliphatic hydroxyl groups excluding tert-OH is 1. The van der Waals surface area contributed by atoms with Crippen molar-refractivity contribution in [1.29, 1.82) is 0 Å². The number of nitrogens with zero attached hydrogens (tertiary/aromatic N) is 1. The minimum Gasteiger partial charge on any atom is -0.394 e. The largest absolute Gasteiger partial charge is 0.394 e. The van der Waals surface area contributed by atoms with E-state index in [4.69, 9.17) is 0 Å². The van der Waals surface area contributed by atoms with Crippen molar-refractivity contribution in [2.75, 3.05) is 18.5 Å². The molecule has 4 rings (SSSR count). The van der Waals surface area contributed by atoms with Crippen molar-refractivity contribution < 1.29 is 14.3 Å². The Morgan fingerprint density at radius 2 is 2.12 bits per heavy atom. The molecule has 2 aromatic rings. The molecule has 2 aliphatic rings. The summed E-state index contributed by atoms with van der Waals surface area (Å²) in [6.07, 6.45) is 0.773. The van der Waals surface area contributed by atoms with Crippen LogP contribution in [0.2, 0.25) is 0 Å². The molecule has 1 fully saturated rings. The van der Waals surface area contributed by atoms with E-state index in [0.29, 0.717) is 6.54 Å². The minimum absolute atomic E-state index is 0.00159. The topological polar surface area (TPSA) is 52.6 Å². The molecule has 2 heterocycles. The first-order valence-electron chi connectivity index (χ1n) is 8.32. The van der Waals surface area contributed by atoms with Crippen molar-refractivity contribution in [2.45, 2.75) is 18.5 Å². The molecule has 0 saturated carbocycles. The van der Waals surface area contributed by atoms with E-state index in [1.807, 2.05) is 18.2 Å². The van der Waals surface area contributed by atoms with Gasteiger partial charge in [-0.2, -0.15) is 0 Å². The number of likely N-dealkylation sites (tertiary alicyclic amines) is 1. The number of halogens is 2. The Kier molecular flexibility index (Phi) is 4.25. The van der Waals surface area contributed by atoms with Crippen LogP contribution < -0.4 is 5.32 Å². The van der Waals surface area contributed by atoms with Crippen LogP contribution in [0.3, 0.4) is 0 Å². The fourth-order valence-electron chi connectivity index (χ4n) is 4.05. The molecule has 2 N–H and O–H groups in total. The molecule has 25 heavy (non-hydrogen) atoms. The quantitative estimate of drug-likeness (QED) is 0.803. The molecular weight excluding hydrogens is 387 g/mol. The van der Waals surface area contributed by atoms with Gasteiger partial charge in [-0.15, -0.1) is 0 Å². The van der Waals surface area contributed by atoms with E-state index in [1.165, 1.54) is 12.1 Å². The van der Waals surface area contributed by atoms with Crippen LogP contribution in [0.15, 0.2) is 46.9 Å². The van der Waals surface area contributed by atoms with Gasteiger partial charge in [-0.25, -0.2) is 4.39 Å². The van der Waals surface area contributed by atoms with Gasteiger partial charge in [0.25, 0.3) is 5.91 Å². The molecule has 2 aromatic carbocycles. The van der Waals surface area contributed by atoms with Crippen LogP contribution in [0.4, 0.5) is 10.1 Å². The number of aliphatic hydroxyl groups is 1. The average Bonchev–Trinajstić information content (AvgIpc) is 3.06. The molecular formula is C19H18BrFN2O2. The maximum Gasteiger partial charge on any atom is 0.257 e. The van der Waals surface area contributed by atoms with Crippen LogP contribution in [0.1, 0.15) is 28.4 Å². The molecule has 130 valence electrons. The molecule has 0 radical (unpaired) electrons. The molecule has 0 bridgehead atoms. The normalized spacial score (nSPS) is 24.4. The van der Waals surface area contributed by atoms with Gasteiger partial charge in [0.1, 0.15) is 5.82 Å². The Bertz CT molecular complexity index is 829. The van der Waals surface area contributed by atoms with Crippen molar-refractivity contribution >= 4 is 27.5 Å². The molecule has 3 atom stereocenters. The summed E-state index contributed by atoms with van der Waals surface area (Å²) in [4.78, 5) is 14.8. The van der Waals surface area contributed by atoms with E-state index >= 15 is 0 Å². The minimum atomic E-state index is -0.502. The SMILES string of the molecule is O=C(c1ccccc1F)N1CC[C@@H]2[C@H]1c1cc(Br)ccc1N[C@@H]2CO. The lowest BCUT2D eigenvalue weighted by molar-refractivity contribution is 0.0696. The Labute approximate surface area is 153 Å². The van der Waals surface area contributed by atoms with E-state index in [1.54, 1.807) is 17.0 Å². The summed E-state index contributed by atoms with van der Waals surface area (Å²) in [7, 11) is 0. The van der Waals surface area contributed by atoms with Gasteiger partial charge < -0.3 is 15.3 Å². The van der Waals surface area contributed by atoms with E-state index < -0.39 is 5.82 Å². The molecule has 0 aliphatic carbocycles. The zero-order chi connectivity index (χ0) is 17.6. The summed E-state index contributed by atoms with van der Waals surface area (Å²) < 4.78 is 15.0. The number of benzene rings is 2. The summed E-state index contributed by atoms with van der Waals surface area (Å²) in [5.41, 5.74) is 2.02. The predicted molar refractivity (Wildman–Crippen MR) is 96.9 cm³/mol. The highest BCUT2D eigenvalue weighted by Gasteiger charge is 2.46. The number of hydrogen-bond acceptors (Lipinski definition) is 3. The first kappa shape index (κ1) is 16.5. The van der Waals surface area contributed by atoms with Crippen molar-refractivity contribution in [3.05, 3.63) is 63.9 Å². The smallest absolute Gasteiger partial charge is 0.257 e. The zero-order valence-electron chi connectivity index (χ0n) is 13.5. The number of anilines is 1. The maximum absolute atomic E-state index is 14.1. The Balaban J connectivity index is 1.77. The molecule has 1 saturated heterocycles. The monoisotopic (exact) mass is 404 g/mol. The number of fused-ring (bicyclic) bond motifs is 3. The number of amides is 1. The lowest BCUT2D eigenvalue weighted by Crippen LogP contribution is -2.43. The standard InChI is InChI=1S/C19H18BrFN2O2/c20-11-5-6-16-14(9-11)18-13(17(10-24)22-16)7-8-23(18)19(25)12-3-1-2-4-15(12)21/h1-6,9,13,17-18,22,24H,7-8,10H2/t13-,17+,18-/m0/s1. The van der Waals surface area contributed by atoms with Crippen molar-refractivity contribution in [2.24, 2.45) is 5.92 Å². The summed E-state index contributed by atoms with van der Waals surface area (Å²) in [6, 6.07) is 11.7. The third-order valence-electron chi connectivity index (χ3n) is 5.20. The Hall–Kier alpha value is -1.92. The molecule has 0 aromatic heterocycles. The van der Waals surface area contributed by atoms with E-state index in [2.05, 4.69) is 21.2 Å². The lowest BCUT2D eigenvalue weighted by Gasteiger charge is -2.39. The van der Waals surface area contributed by atoms with Crippen LogP contribution in [-0.4, -0.2) is 35.1 Å². The average molecular weight is 405 g/mol. The Morgan fingerprint density at radius 1 is 1.32 bits per heavy atom. The molecule has 2 aliphatic heterocycles. The lowest BCUT2D eigenvalue weighted by atomic mass is 9.83. The van der Waals surface area contributed by atoms with E-state index in [-0.39, 0.29) is 36.1 Å². The summed E-state index contributed by atoms with van der Waals surface area (Å²) in [6.45, 7) is 0.547. The third kappa shape index (κ3) is 2.73. The van der Waals surface area contributed by atoms with Gasteiger partial charge in [-0.05, 0) is 42.3 Å². The summed E-state index contributed by atoms with van der Waals surface area (Å²) in [5, 5.41) is 13.1. The van der Waals surface area contributed by atoms with E-state index in [0.717, 1.165) is 22.1 Å². The van der Waals surface area contributed by atoms with E-state index in [9.17, 15) is 14.3 Å². The fraction of sp³-hybridized carbons (Fsp3) is 0.316. The molecule has 0 spiro atoms. The number of hydrogen-bond donors (Lipinski definition) is 2. The highest BCUT2D eigenvalue weighted by atomic mass is 79.9. The Morgan fingerprint density at radius 3 is 2.88 bits per heavy atom. The first-order valence-corrected chi connectivity index (χ1v) is 9.12. The summed E-state index contributed by atoms with van der Waals surface area (Å²) >= 11 is 3.49. The van der Waals surface area contributed by atoms with Gasteiger partial charge in [-0.3, -0.25) is 4.79 Å². The second kappa shape index (κ2) is 6.42. The second-order valence-electron chi connectivity index (χ2n) is 6.54. The van der Waals surface area contributed by atoms with Gasteiger partial charge in [-0.1, -0.05) is 28.1 Å². The van der Waals surface area contributed by atoms with Gasteiger partial charge in [0, 0.05) is 22.6 Å². The molecule has 6 heteroatoms. The number of carbonyl (C=O) groups is 1. The van der Waals surface area contributed by atoms with Gasteiger partial charge in [0.15, 0.2) is 0 Å². The van der Waals surface area contributed by atoms with Crippen LogP contribution in [-0.2, 0) is 0 Å². The highest BCUT2D eigenvalue weighted by Crippen LogP contribution is 2.47. The van der Waals surface area contributed by atoms with Crippen LogP contribution in [0, 0.1) is 11.7 Å². The zero-order valence-corrected chi connectivity index (χ0v) is 15.0. The molecule has 4 nitrogen and oxygen atoms in total. The maximum atomic E-state index is 14.1. The van der Waals surface area contributed by atoms with Crippen LogP contribution >= 0.6 is 15.9 Å². The highest BCUT2D eigenvalue weighted by molar-refractivity contribution is 9.10. The van der Waals surface area contributed by atoms with Gasteiger partial charge in [0.05, 0.1) is 24.3 Å². The first-order chi connectivity index (χ1) is 12.1. The number of carbonyl (C=O) groups excluding carboxylic acids is 1. The van der Waals surface area contributed by atoms with Crippen molar-refractivity contribution in [1.82, 2.24) is 4.90 Å². The third-order valence-corrected chi connectivity index (χ3v) is 5.69. The van der Waals surface area contributed by atoms with Gasteiger partial charge >= 0.3 is 0 Å². The summed E-state index contributed by atoms with van der Waals surface area (Å²) in [5.74, 6) is -0.698. The van der Waals surface area contributed by atoms with Crippen LogP contribution in [0.5, 0.6) is 0 Å². The van der Waals surface area contributed by atoms with Crippen molar-refractivity contribution in [3.8, 4) is 0 Å². The molecule has 1 amide bonds. The predicted octanol–water partition coefficient (Wildman–Crippen LogP) is 3.58. The second-order valence-corrected chi connectivity index (χ2v) is 7.46. The fourth-order valence-corrected chi connectivity index (χ4v) is 4.43. The van der Waals surface area contributed by atoms with Gasteiger partial charge in [0.2, 0.25) is 0 Å². The van der Waals surface area contributed by atoms with Crippen LogP contribution in [0.25, 0.3) is 0 Å². The number of rotatable bonds is 2. The number of nitrogens with one attached hydrogen (secondary N) is 1.